The molecule has 0 fully saturated rings. The fourth-order valence-electron chi connectivity index (χ4n) is 0.289. The first kappa shape index (κ1) is 7.79. The third-order valence-corrected chi connectivity index (χ3v) is 0.681. The molecule has 1 amide bonds. The van der Waals surface area contributed by atoms with E-state index in [2.05, 4.69) is 0 Å². The zero-order valence-electron chi connectivity index (χ0n) is 4.66. The standard InChI is InChI=1S/C5H7NO3/c1-2-4(3-7)6-5(8)9/h1,4,6-7H,3H2,(H,8,9)/t4-/m1/s1. The van der Waals surface area contributed by atoms with E-state index in [0.717, 1.165) is 0 Å². The molecule has 4 nitrogen and oxygen atoms in total. The van der Waals surface area contributed by atoms with Gasteiger partial charge in [-0.15, -0.1) is 6.42 Å². The fourth-order valence-corrected chi connectivity index (χ4v) is 0.289. The van der Waals surface area contributed by atoms with E-state index in [-0.39, 0.29) is 6.61 Å². The summed E-state index contributed by atoms with van der Waals surface area (Å²) in [6.07, 6.45) is 3.57. The van der Waals surface area contributed by atoms with Gasteiger partial charge < -0.3 is 15.5 Å². The first-order valence-electron chi connectivity index (χ1n) is 2.27. The van der Waals surface area contributed by atoms with Gasteiger partial charge in [0.05, 0.1) is 6.61 Å². The summed E-state index contributed by atoms with van der Waals surface area (Å²) >= 11 is 0. The van der Waals surface area contributed by atoms with E-state index in [9.17, 15) is 4.79 Å². The molecule has 0 saturated carbocycles. The Morgan fingerprint density at radius 2 is 2.44 bits per heavy atom. The molecule has 0 aromatic rings. The minimum absolute atomic E-state index is 0.372. The van der Waals surface area contributed by atoms with Crippen LogP contribution in [0.15, 0.2) is 0 Å². The lowest BCUT2D eigenvalue weighted by Crippen LogP contribution is -2.34. The Bertz CT molecular complexity index is 138. The van der Waals surface area contributed by atoms with Crippen molar-refractivity contribution in [3.05, 3.63) is 0 Å². The topological polar surface area (TPSA) is 69.6 Å². The maximum atomic E-state index is 9.81. The zero-order chi connectivity index (χ0) is 7.28. The predicted octanol–water partition coefficient (Wildman–Crippen LogP) is -0.752. The molecule has 0 saturated heterocycles. The molecular formula is C5H7NO3. The van der Waals surface area contributed by atoms with Gasteiger partial charge in [0.1, 0.15) is 6.04 Å². The highest BCUT2D eigenvalue weighted by Gasteiger charge is 2.03. The third kappa shape index (κ3) is 3.38. The Morgan fingerprint density at radius 1 is 1.89 bits per heavy atom. The van der Waals surface area contributed by atoms with E-state index in [4.69, 9.17) is 16.6 Å². The molecule has 0 aromatic carbocycles. The minimum atomic E-state index is -1.23. The first-order valence-corrected chi connectivity index (χ1v) is 2.27. The van der Waals surface area contributed by atoms with E-state index in [1.165, 1.54) is 0 Å². The van der Waals surface area contributed by atoms with Crippen LogP contribution in [-0.4, -0.2) is 29.0 Å². The van der Waals surface area contributed by atoms with Crippen molar-refractivity contribution in [1.82, 2.24) is 5.32 Å². The molecule has 50 valence electrons. The molecule has 0 spiro atoms. The molecule has 0 aromatic heterocycles. The van der Waals surface area contributed by atoms with E-state index in [0.29, 0.717) is 0 Å². The number of carboxylic acid groups (broad SMARTS) is 1. The van der Waals surface area contributed by atoms with Crippen molar-refractivity contribution in [2.45, 2.75) is 6.04 Å². The van der Waals surface area contributed by atoms with Crippen LogP contribution in [0, 0.1) is 12.3 Å². The Hall–Kier alpha value is -1.21. The van der Waals surface area contributed by atoms with Gasteiger partial charge in [-0.1, -0.05) is 5.92 Å². The van der Waals surface area contributed by atoms with Crippen molar-refractivity contribution in [3.63, 3.8) is 0 Å². The summed E-state index contributed by atoms with van der Waals surface area (Å²) in [7, 11) is 0. The van der Waals surface area contributed by atoms with Crippen LogP contribution in [0.1, 0.15) is 0 Å². The summed E-state index contributed by atoms with van der Waals surface area (Å²) in [5, 5.41) is 18.2. The van der Waals surface area contributed by atoms with Gasteiger partial charge >= 0.3 is 6.09 Å². The molecule has 0 unspecified atom stereocenters. The van der Waals surface area contributed by atoms with Crippen LogP contribution in [0.2, 0.25) is 0 Å². The lowest BCUT2D eigenvalue weighted by molar-refractivity contribution is 0.184. The van der Waals surface area contributed by atoms with Crippen molar-refractivity contribution >= 4 is 6.09 Å². The Balaban J connectivity index is 3.60. The fraction of sp³-hybridized carbons (Fsp3) is 0.400. The molecule has 1 atom stereocenters. The maximum absolute atomic E-state index is 9.81. The summed E-state index contributed by atoms with van der Waals surface area (Å²) in [5.74, 6) is 2.04. The number of aliphatic hydroxyl groups is 1. The summed E-state index contributed by atoms with van der Waals surface area (Å²) in [5.41, 5.74) is 0. The molecule has 0 aliphatic carbocycles. The second-order valence-electron chi connectivity index (χ2n) is 1.35. The van der Waals surface area contributed by atoms with Crippen LogP contribution < -0.4 is 5.32 Å². The molecule has 0 rings (SSSR count). The lowest BCUT2D eigenvalue weighted by Gasteiger charge is -2.04. The number of hydrogen-bond acceptors (Lipinski definition) is 2. The summed E-state index contributed by atoms with van der Waals surface area (Å²) in [6.45, 7) is -0.372. The monoisotopic (exact) mass is 129 g/mol. The van der Waals surface area contributed by atoms with Crippen molar-refractivity contribution < 1.29 is 15.0 Å². The third-order valence-electron chi connectivity index (χ3n) is 0.681. The highest BCUT2D eigenvalue weighted by Crippen LogP contribution is 1.75. The number of amides is 1. The van der Waals surface area contributed by atoms with Crippen LogP contribution in [0.5, 0.6) is 0 Å². The van der Waals surface area contributed by atoms with Gasteiger partial charge in [-0.05, 0) is 0 Å². The van der Waals surface area contributed by atoms with Gasteiger partial charge in [-0.25, -0.2) is 4.79 Å². The van der Waals surface area contributed by atoms with Gasteiger partial charge in [0.25, 0.3) is 0 Å². The van der Waals surface area contributed by atoms with Crippen LogP contribution in [0.25, 0.3) is 0 Å². The van der Waals surface area contributed by atoms with E-state index in [1.54, 1.807) is 0 Å². The van der Waals surface area contributed by atoms with Gasteiger partial charge in [-0.3, -0.25) is 0 Å². The maximum Gasteiger partial charge on any atom is 0.405 e. The van der Waals surface area contributed by atoms with Crippen molar-refractivity contribution in [2.24, 2.45) is 0 Å². The Morgan fingerprint density at radius 3 is 2.56 bits per heavy atom. The Kier molecular flexibility index (Phi) is 3.25. The van der Waals surface area contributed by atoms with Gasteiger partial charge in [0.2, 0.25) is 0 Å². The number of terminal acetylenes is 1. The van der Waals surface area contributed by atoms with Crippen molar-refractivity contribution in [2.75, 3.05) is 6.61 Å². The summed E-state index contributed by atoms with van der Waals surface area (Å²) in [4.78, 5) is 9.81. The summed E-state index contributed by atoms with van der Waals surface area (Å²) < 4.78 is 0. The number of hydrogen-bond donors (Lipinski definition) is 3. The highest BCUT2D eigenvalue weighted by atomic mass is 16.4. The molecule has 0 bridgehead atoms. The average Bonchev–Trinajstić information content (AvgIpc) is 1.82. The molecule has 0 radical (unpaired) electrons. The normalized spacial score (nSPS) is 11.6. The molecular weight excluding hydrogens is 122 g/mol. The van der Waals surface area contributed by atoms with E-state index >= 15 is 0 Å². The molecule has 0 aliphatic rings. The van der Waals surface area contributed by atoms with Crippen molar-refractivity contribution in [3.8, 4) is 12.3 Å². The average molecular weight is 129 g/mol. The predicted molar refractivity (Wildman–Crippen MR) is 30.9 cm³/mol. The molecule has 9 heavy (non-hydrogen) atoms. The first-order chi connectivity index (χ1) is 4.20. The molecule has 0 heterocycles. The molecule has 3 N–H and O–H groups in total. The number of carbonyl (C=O) groups is 1. The number of rotatable bonds is 2. The zero-order valence-corrected chi connectivity index (χ0v) is 4.66. The van der Waals surface area contributed by atoms with Gasteiger partial charge in [0, 0.05) is 0 Å². The molecule has 4 heteroatoms. The van der Waals surface area contributed by atoms with E-state index in [1.807, 2.05) is 11.2 Å². The second kappa shape index (κ2) is 3.75. The van der Waals surface area contributed by atoms with Gasteiger partial charge in [0.15, 0.2) is 0 Å². The minimum Gasteiger partial charge on any atom is -0.465 e. The lowest BCUT2D eigenvalue weighted by atomic mass is 10.3. The van der Waals surface area contributed by atoms with Crippen molar-refractivity contribution in [1.29, 1.82) is 0 Å². The van der Waals surface area contributed by atoms with Crippen LogP contribution in [-0.2, 0) is 0 Å². The molecule has 0 aliphatic heterocycles. The number of aliphatic hydroxyl groups excluding tert-OH is 1. The second-order valence-corrected chi connectivity index (χ2v) is 1.35. The van der Waals surface area contributed by atoms with E-state index < -0.39 is 12.1 Å². The summed E-state index contributed by atoms with van der Waals surface area (Å²) in [6, 6.07) is -0.789. The highest BCUT2D eigenvalue weighted by molar-refractivity contribution is 5.65. The SMILES string of the molecule is C#C[C@H](CO)NC(=O)O. The van der Waals surface area contributed by atoms with Crippen LogP contribution in [0.3, 0.4) is 0 Å². The Labute approximate surface area is 52.5 Å². The smallest absolute Gasteiger partial charge is 0.405 e. The van der Waals surface area contributed by atoms with Gasteiger partial charge in [-0.2, -0.15) is 0 Å². The number of nitrogens with one attached hydrogen (secondary N) is 1. The quantitative estimate of drug-likeness (QED) is 0.429. The largest absolute Gasteiger partial charge is 0.465 e. The van der Waals surface area contributed by atoms with Crippen LogP contribution >= 0.6 is 0 Å². The van der Waals surface area contributed by atoms with Crippen LogP contribution in [0.4, 0.5) is 4.79 Å².